The predicted molar refractivity (Wildman–Crippen MR) is 90.5 cm³/mol. The number of benzene rings is 1. The van der Waals surface area contributed by atoms with Crippen molar-refractivity contribution in [2.75, 3.05) is 11.8 Å². The maximum Gasteiger partial charge on any atom is 0.400 e. The van der Waals surface area contributed by atoms with E-state index in [1.165, 1.54) is 0 Å². The van der Waals surface area contributed by atoms with Crippen molar-refractivity contribution in [2.24, 2.45) is 0 Å². The number of aromatic nitrogens is 3. The second-order valence-corrected chi connectivity index (χ2v) is 8.31. The molecule has 1 N–H and O–H groups in total. The minimum Gasteiger partial charge on any atom is -0.332 e. The molecule has 0 saturated carbocycles. The van der Waals surface area contributed by atoms with Crippen molar-refractivity contribution >= 4 is 29.9 Å². The topological polar surface area (TPSA) is 80.9 Å². The third-order valence-electron chi connectivity index (χ3n) is 3.29. The van der Waals surface area contributed by atoms with E-state index in [1.807, 2.05) is 0 Å². The van der Waals surface area contributed by atoms with E-state index in [9.17, 15) is 13.3 Å². The van der Waals surface area contributed by atoms with Gasteiger partial charge >= 0.3 is 11.3 Å². The number of hydrogen-bond donors (Lipinski definition) is 1. The zero-order valence-corrected chi connectivity index (χ0v) is 14.5. The van der Waals surface area contributed by atoms with Gasteiger partial charge in [0.15, 0.2) is 7.29 Å². The van der Waals surface area contributed by atoms with E-state index in [1.54, 1.807) is 55.5 Å². The van der Waals surface area contributed by atoms with Crippen LogP contribution < -0.4 is 10.4 Å². The second-order valence-electron chi connectivity index (χ2n) is 5.25. The summed E-state index contributed by atoms with van der Waals surface area (Å²) < 4.78 is 43.2. The van der Waals surface area contributed by atoms with Crippen LogP contribution in [0.1, 0.15) is 5.89 Å². The third-order valence-corrected chi connectivity index (χ3v) is 5.42. The van der Waals surface area contributed by atoms with Crippen LogP contribution in [0.5, 0.6) is 0 Å². The molecule has 0 fully saturated rings. The van der Waals surface area contributed by atoms with Crippen molar-refractivity contribution in [1.82, 2.24) is 15.1 Å². The van der Waals surface area contributed by atoms with E-state index in [0.717, 1.165) is 0 Å². The summed E-state index contributed by atoms with van der Waals surface area (Å²) in [5.74, 6) is -1.01. The third kappa shape index (κ3) is 4.03. The molecule has 0 aliphatic rings. The van der Waals surface area contributed by atoms with Gasteiger partial charge in [-0.25, -0.2) is 0 Å². The predicted octanol–water partition coefficient (Wildman–Crippen LogP) is 4.07. The highest BCUT2D eigenvalue weighted by molar-refractivity contribution is 7.72. The average Bonchev–Trinajstić information content (AvgIpc) is 3.06. The van der Waals surface area contributed by atoms with Crippen molar-refractivity contribution in [2.45, 2.75) is 5.38 Å². The monoisotopic (exact) mass is 384 g/mol. The number of anilines is 1. The van der Waals surface area contributed by atoms with Gasteiger partial charge in [0.25, 0.3) is 0 Å². The Labute approximate surface area is 146 Å². The summed E-state index contributed by atoms with van der Waals surface area (Å²) >= 11 is 4.84. The molecule has 1 unspecified atom stereocenters. The summed E-state index contributed by atoms with van der Waals surface area (Å²) in [7, 11) is -2.89. The van der Waals surface area contributed by atoms with Crippen LogP contribution in [0.4, 0.5) is 14.5 Å². The molecule has 2 heterocycles. The molecule has 0 aliphatic carbocycles. The molecule has 6 nitrogen and oxygen atoms in total. The Hall–Kier alpha value is -2.31. The first-order chi connectivity index (χ1) is 11.8. The van der Waals surface area contributed by atoms with Crippen LogP contribution in [-0.4, -0.2) is 21.8 Å². The van der Waals surface area contributed by atoms with Crippen molar-refractivity contribution in [3.63, 3.8) is 0 Å². The number of pyridine rings is 1. The molecule has 0 aliphatic heterocycles. The van der Waals surface area contributed by atoms with Crippen LogP contribution >= 0.6 is 18.9 Å². The Bertz CT molecular complexity index is 913. The fraction of sp³-hybridized carbons (Fsp3) is 0.133. The first-order valence-electron chi connectivity index (χ1n) is 7.03. The Kier molecular flexibility index (Phi) is 4.58. The van der Waals surface area contributed by atoms with Crippen LogP contribution in [0.3, 0.4) is 0 Å². The lowest BCUT2D eigenvalue weighted by atomic mass is 10.2. The summed E-state index contributed by atoms with van der Waals surface area (Å²) in [6, 6.07) is 9.83. The van der Waals surface area contributed by atoms with Crippen molar-refractivity contribution in [3.8, 4) is 11.4 Å². The Morgan fingerprint density at radius 1 is 1.24 bits per heavy atom. The maximum absolute atomic E-state index is 12.9. The number of alkyl halides is 3. The van der Waals surface area contributed by atoms with Gasteiger partial charge in [0.05, 0.1) is 11.9 Å². The normalized spacial score (nSPS) is 14.1. The number of nitrogens with zero attached hydrogens (tertiary/aromatic N) is 3. The van der Waals surface area contributed by atoms with Gasteiger partial charge in [0.2, 0.25) is 5.82 Å². The molecule has 0 spiro atoms. The molecule has 0 radical (unpaired) electrons. The van der Waals surface area contributed by atoms with Gasteiger partial charge in [-0.2, -0.15) is 13.8 Å². The van der Waals surface area contributed by atoms with E-state index in [0.29, 0.717) is 16.6 Å². The lowest BCUT2D eigenvalue weighted by Crippen LogP contribution is -2.10. The van der Waals surface area contributed by atoms with Gasteiger partial charge in [0.1, 0.15) is 0 Å². The summed E-state index contributed by atoms with van der Waals surface area (Å²) in [6.45, 7) is 1.58. The molecular weight excluding hydrogens is 373 g/mol. The fourth-order valence-electron chi connectivity index (χ4n) is 2.09. The summed E-state index contributed by atoms with van der Waals surface area (Å²) in [4.78, 5) is 7.51. The standard InChI is InChI=1S/C15H12ClF2N4O2P/c1-25(23,22-11-3-2-8-19-9-11)12-6-4-10(5-7-12)13-20-14(24-21-13)15(16,17)18/h2-9H,1H3,(H,22,23). The molecule has 25 heavy (non-hydrogen) atoms. The number of halogens is 3. The highest BCUT2D eigenvalue weighted by Crippen LogP contribution is 2.40. The molecule has 1 aromatic carbocycles. The van der Waals surface area contributed by atoms with Gasteiger partial charge in [0, 0.05) is 23.7 Å². The van der Waals surface area contributed by atoms with Crippen molar-refractivity contribution in [3.05, 3.63) is 54.7 Å². The molecule has 0 amide bonds. The lowest BCUT2D eigenvalue weighted by Gasteiger charge is -2.16. The van der Waals surface area contributed by atoms with Crippen LogP contribution in [0, 0.1) is 0 Å². The van der Waals surface area contributed by atoms with Crippen LogP contribution in [0.2, 0.25) is 0 Å². The van der Waals surface area contributed by atoms with E-state index in [2.05, 4.69) is 24.7 Å². The molecule has 10 heteroatoms. The first-order valence-corrected chi connectivity index (χ1v) is 9.57. The number of hydrogen-bond acceptors (Lipinski definition) is 5. The SMILES string of the molecule is CP(=O)(Nc1cccnc1)c1ccc(-c2noc(C(F)(F)Cl)n2)cc1. The fourth-order valence-corrected chi connectivity index (χ4v) is 3.64. The smallest absolute Gasteiger partial charge is 0.332 e. The molecule has 0 bridgehead atoms. The molecular formula is C15H12ClF2N4O2P. The second kappa shape index (κ2) is 6.54. The van der Waals surface area contributed by atoms with Gasteiger partial charge in [-0.05, 0) is 35.9 Å². The summed E-state index contributed by atoms with van der Waals surface area (Å²) in [6.07, 6.45) is 3.18. The van der Waals surface area contributed by atoms with Gasteiger partial charge in [-0.1, -0.05) is 17.3 Å². The van der Waals surface area contributed by atoms with Crippen LogP contribution in [-0.2, 0) is 9.95 Å². The van der Waals surface area contributed by atoms with E-state index >= 15 is 0 Å². The highest BCUT2D eigenvalue weighted by atomic mass is 35.5. The molecule has 3 rings (SSSR count). The van der Waals surface area contributed by atoms with Crippen LogP contribution in [0.15, 0.2) is 53.3 Å². The minimum atomic E-state index is -3.72. The molecule has 0 saturated heterocycles. The minimum absolute atomic E-state index is 0.0342. The van der Waals surface area contributed by atoms with Crippen molar-refractivity contribution < 1.29 is 17.9 Å². The number of rotatable bonds is 5. The lowest BCUT2D eigenvalue weighted by molar-refractivity contribution is 0.0551. The Morgan fingerprint density at radius 3 is 2.52 bits per heavy atom. The largest absolute Gasteiger partial charge is 0.400 e. The number of nitrogens with one attached hydrogen (secondary N) is 1. The Balaban J connectivity index is 1.82. The average molecular weight is 385 g/mol. The van der Waals surface area contributed by atoms with Crippen molar-refractivity contribution in [1.29, 1.82) is 0 Å². The van der Waals surface area contributed by atoms with E-state index < -0.39 is 18.6 Å². The first kappa shape index (κ1) is 17.5. The van der Waals surface area contributed by atoms with Gasteiger partial charge in [-0.15, -0.1) is 0 Å². The zero-order chi connectivity index (χ0) is 18.1. The maximum atomic E-state index is 12.9. The highest BCUT2D eigenvalue weighted by Gasteiger charge is 2.35. The zero-order valence-electron chi connectivity index (χ0n) is 12.9. The summed E-state index contributed by atoms with van der Waals surface area (Å²) in [5.41, 5.74) is 1.06. The van der Waals surface area contributed by atoms with E-state index in [4.69, 9.17) is 11.6 Å². The molecule has 3 aromatic rings. The Morgan fingerprint density at radius 2 is 1.96 bits per heavy atom. The molecule has 2 aromatic heterocycles. The quantitative estimate of drug-likeness (QED) is 0.527. The molecule has 130 valence electrons. The van der Waals surface area contributed by atoms with Crippen LogP contribution in [0.25, 0.3) is 11.4 Å². The van der Waals surface area contributed by atoms with Gasteiger partial charge in [-0.3, -0.25) is 9.55 Å². The van der Waals surface area contributed by atoms with E-state index in [-0.39, 0.29) is 5.82 Å². The summed E-state index contributed by atoms with van der Waals surface area (Å²) in [5, 5.41) is 3.24. The van der Waals surface area contributed by atoms with Gasteiger partial charge < -0.3 is 9.61 Å². The molecule has 1 atom stereocenters.